The Kier molecular flexibility index (Phi) is 4.62. The largest absolute Gasteiger partial charge is 0.444 e. The van der Waals surface area contributed by atoms with Crippen molar-refractivity contribution >= 4 is 27.7 Å². The van der Waals surface area contributed by atoms with Crippen LogP contribution in [0.4, 0.5) is 10.5 Å². The molecule has 0 radical (unpaired) electrons. The van der Waals surface area contributed by atoms with Crippen LogP contribution < -0.4 is 5.73 Å². The number of hydrogen-bond donors (Lipinski definition) is 1. The molecule has 0 bridgehead atoms. The maximum absolute atomic E-state index is 11.8. The number of amides is 1. The van der Waals surface area contributed by atoms with Gasteiger partial charge in [0.2, 0.25) is 0 Å². The number of nitrogens with zero attached hydrogens (tertiary/aromatic N) is 1. The number of benzene rings is 1. The first-order valence-corrected chi connectivity index (χ1v) is 6.46. The van der Waals surface area contributed by atoms with Crippen LogP contribution in [-0.2, 0) is 11.3 Å². The van der Waals surface area contributed by atoms with Crippen molar-refractivity contribution in [3.63, 3.8) is 0 Å². The molecule has 0 spiro atoms. The maximum Gasteiger partial charge on any atom is 0.410 e. The van der Waals surface area contributed by atoms with Crippen molar-refractivity contribution in [2.75, 3.05) is 12.8 Å². The highest BCUT2D eigenvalue weighted by molar-refractivity contribution is 9.10. The molecule has 100 valence electrons. The van der Waals surface area contributed by atoms with Crippen LogP contribution in [0.15, 0.2) is 22.7 Å². The number of nitrogens with two attached hydrogens (primary N) is 1. The molecular weight excluding hydrogens is 296 g/mol. The molecule has 1 amide bonds. The fourth-order valence-corrected chi connectivity index (χ4v) is 1.75. The van der Waals surface area contributed by atoms with Gasteiger partial charge in [-0.2, -0.15) is 0 Å². The number of carbonyl (C=O) groups excluding carboxylic acids is 1. The van der Waals surface area contributed by atoms with Gasteiger partial charge in [0.1, 0.15) is 5.60 Å². The summed E-state index contributed by atoms with van der Waals surface area (Å²) in [5.74, 6) is 0. The number of hydrogen-bond acceptors (Lipinski definition) is 3. The lowest BCUT2D eigenvalue weighted by molar-refractivity contribution is 0.0285. The molecule has 0 atom stereocenters. The Morgan fingerprint density at radius 2 is 2.06 bits per heavy atom. The third-order valence-corrected chi connectivity index (χ3v) is 2.96. The Hall–Kier alpha value is -1.23. The zero-order valence-electron chi connectivity index (χ0n) is 11.2. The Balaban J connectivity index is 2.72. The van der Waals surface area contributed by atoms with Gasteiger partial charge in [-0.25, -0.2) is 4.79 Å². The Morgan fingerprint density at radius 1 is 1.44 bits per heavy atom. The summed E-state index contributed by atoms with van der Waals surface area (Å²) in [6.07, 6.45) is -0.350. The standard InChI is InChI=1S/C13H19BrN2O2/c1-13(2,3)18-12(17)16(4)8-9-7-10(15)5-6-11(9)14/h5-7H,8,15H2,1-4H3. The lowest BCUT2D eigenvalue weighted by atomic mass is 10.2. The first-order valence-electron chi connectivity index (χ1n) is 5.67. The number of rotatable bonds is 2. The molecule has 0 aliphatic rings. The van der Waals surface area contributed by atoms with Crippen molar-refractivity contribution in [2.24, 2.45) is 0 Å². The van der Waals surface area contributed by atoms with E-state index in [0.29, 0.717) is 12.2 Å². The fourth-order valence-electron chi connectivity index (χ4n) is 1.38. The molecule has 1 aromatic rings. The Morgan fingerprint density at radius 3 is 2.61 bits per heavy atom. The van der Waals surface area contributed by atoms with Gasteiger partial charge in [0, 0.05) is 23.8 Å². The second-order valence-electron chi connectivity index (χ2n) is 5.19. The van der Waals surface area contributed by atoms with E-state index in [0.717, 1.165) is 10.0 Å². The highest BCUT2D eigenvalue weighted by atomic mass is 79.9. The van der Waals surface area contributed by atoms with E-state index in [1.807, 2.05) is 32.9 Å². The highest BCUT2D eigenvalue weighted by Gasteiger charge is 2.20. The molecule has 18 heavy (non-hydrogen) atoms. The molecule has 0 saturated carbocycles. The number of anilines is 1. The van der Waals surface area contributed by atoms with Crippen LogP contribution in [0.3, 0.4) is 0 Å². The summed E-state index contributed by atoms with van der Waals surface area (Å²) in [4.78, 5) is 13.3. The van der Waals surface area contributed by atoms with Gasteiger partial charge in [-0.1, -0.05) is 15.9 Å². The predicted molar refractivity (Wildman–Crippen MR) is 76.3 cm³/mol. The monoisotopic (exact) mass is 314 g/mol. The highest BCUT2D eigenvalue weighted by Crippen LogP contribution is 2.21. The van der Waals surface area contributed by atoms with Crippen LogP contribution in [0.1, 0.15) is 26.3 Å². The van der Waals surface area contributed by atoms with Crippen molar-refractivity contribution < 1.29 is 9.53 Å². The average molecular weight is 315 g/mol. The normalized spacial score (nSPS) is 11.2. The van der Waals surface area contributed by atoms with E-state index in [2.05, 4.69) is 15.9 Å². The van der Waals surface area contributed by atoms with Gasteiger partial charge < -0.3 is 15.4 Å². The zero-order valence-corrected chi connectivity index (χ0v) is 12.7. The summed E-state index contributed by atoms with van der Waals surface area (Å²) in [5.41, 5.74) is 6.86. The number of nitrogen functional groups attached to an aromatic ring is 1. The van der Waals surface area contributed by atoms with Gasteiger partial charge in [0.05, 0.1) is 0 Å². The predicted octanol–water partition coefficient (Wildman–Crippen LogP) is 3.40. The van der Waals surface area contributed by atoms with Gasteiger partial charge >= 0.3 is 6.09 Å². The van der Waals surface area contributed by atoms with Gasteiger partial charge in [0.15, 0.2) is 0 Å². The molecule has 0 aromatic heterocycles. The van der Waals surface area contributed by atoms with Crippen LogP contribution in [-0.4, -0.2) is 23.6 Å². The van der Waals surface area contributed by atoms with Crippen LogP contribution in [0.25, 0.3) is 0 Å². The lowest BCUT2D eigenvalue weighted by Gasteiger charge is -2.25. The molecule has 0 heterocycles. The smallest absolute Gasteiger partial charge is 0.410 e. The minimum absolute atomic E-state index is 0.350. The second kappa shape index (κ2) is 5.61. The lowest BCUT2D eigenvalue weighted by Crippen LogP contribution is -2.33. The minimum atomic E-state index is -0.488. The van der Waals surface area contributed by atoms with Gasteiger partial charge in [-0.15, -0.1) is 0 Å². The van der Waals surface area contributed by atoms with E-state index in [-0.39, 0.29) is 6.09 Å². The third-order valence-electron chi connectivity index (χ3n) is 2.18. The second-order valence-corrected chi connectivity index (χ2v) is 6.04. The number of ether oxygens (including phenoxy) is 1. The summed E-state index contributed by atoms with van der Waals surface area (Å²) in [6.45, 7) is 5.97. The molecule has 0 aliphatic heterocycles. The maximum atomic E-state index is 11.8. The third kappa shape index (κ3) is 4.56. The quantitative estimate of drug-likeness (QED) is 0.851. The first-order chi connectivity index (χ1) is 8.19. The molecule has 0 saturated heterocycles. The Labute approximate surface area is 116 Å². The molecular formula is C13H19BrN2O2. The van der Waals surface area contributed by atoms with Gasteiger partial charge in [0.25, 0.3) is 0 Å². The van der Waals surface area contributed by atoms with E-state index in [1.165, 1.54) is 4.90 Å². The zero-order chi connectivity index (χ0) is 13.9. The SMILES string of the molecule is CN(Cc1cc(N)ccc1Br)C(=O)OC(C)(C)C. The van der Waals surface area contributed by atoms with Crippen molar-refractivity contribution in [1.29, 1.82) is 0 Å². The molecule has 1 aromatic carbocycles. The van der Waals surface area contributed by atoms with E-state index in [9.17, 15) is 4.79 Å². The van der Waals surface area contributed by atoms with Crippen LogP contribution in [0.2, 0.25) is 0 Å². The number of halogens is 1. The summed E-state index contributed by atoms with van der Waals surface area (Å²) >= 11 is 3.44. The van der Waals surface area contributed by atoms with E-state index < -0.39 is 5.60 Å². The first kappa shape index (κ1) is 14.8. The topological polar surface area (TPSA) is 55.6 Å². The van der Waals surface area contributed by atoms with Crippen LogP contribution >= 0.6 is 15.9 Å². The van der Waals surface area contributed by atoms with E-state index in [1.54, 1.807) is 13.1 Å². The van der Waals surface area contributed by atoms with Crippen LogP contribution in [0.5, 0.6) is 0 Å². The molecule has 0 fully saturated rings. The molecule has 5 heteroatoms. The van der Waals surface area contributed by atoms with Crippen LogP contribution in [0, 0.1) is 0 Å². The van der Waals surface area contributed by atoms with Crippen molar-refractivity contribution in [3.05, 3.63) is 28.2 Å². The van der Waals surface area contributed by atoms with E-state index in [4.69, 9.17) is 10.5 Å². The van der Waals surface area contributed by atoms with Crippen molar-refractivity contribution in [2.45, 2.75) is 32.9 Å². The van der Waals surface area contributed by atoms with Gasteiger partial charge in [-0.3, -0.25) is 0 Å². The average Bonchev–Trinajstić information content (AvgIpc) is 2.21. The summed E-state index contributed by atoms with van der Waals surface area (Å²) in [5, 5.41) is 0. The summed E-state index contributed by atoms with van der Waals surface area (Å²) < 4.78 is 6.21. The molecule has 0 aliphatic carbocycles. The summed E-state index contributed by atoms with van der Waals surface area (Å²) in [6, 6.07) is 5.51. The molecule has 0 unspecified atom stereocenters. The molecule has 2 N–H and O–H groups in total. The molecule has 1 rings (SSSR count). The van der Waals surface area contributed by atoms with Crippen molar-refractivity contribution in [3.8, 4) is 0 Å². The van der Waals surface area contributed by atoms with Gasteiger partial charge in [-0.05, 0) is 44.5 Å². The fraction of sp³-hybridized carbons (Fsp3) is 0.462. The molecule has 4 nitrogen and oxygen atoms in total. The van der Waals surface area contributed by atoms with Crippen molar-refractivity contribution in [1.82, 2.24) is 4.90 Å². The van der Waals surface area contributed by atoms with E-state index >= 15 is 0 Å². The summed E-state index contributed by atoms with van der Waals surface area (Å²) in [7, 11) is 1.70. The minimum Gasteiger partial charge on any atom is -0.444 e. The number of carbonyl (C=O) groups is 1. The Bertz CT molecular complexity index is 441.